The van der Waals surface area contributed by atoms with E-state index in [0.717, 1.165) is 28.2 Å². The van der Waals surface area contributed by atoms with E-state index in [2.05, 4.69) is 52.3 Å². The van der Waals surface area contributed by atoms with Gasteiger partial charge in [-0.3, -0.25) is 4.68 Å². The predicted octanol–water partition coefficient (Wildman–Crippen LogP) is 3.50. The second kappa shape index (κ2) is 5.65. The average Bonchev–Trinajstić information content (AvgIpc) is 2.65. The third-order valence-electron chi connectivity index (χ3n) is 3.03. The maximum atomic E-state index is 6.14. The van der Waals surface area contributed by atoms with E-state index in [1.807, 2.05) is 23.9 Å². The number of aryl methyl sites for hydroxylation is 1. The van der Waals surface area contributed by atoms with Crippen LogP contribution in [0.3, 0.4) is 0 Å². The molecule has 1 aromatic heterocycles. The number of nitrogen functional groups attached to an aromatic ring is 1. The van der Waals surface area contributed by atoms with Crippen LogP contribution in [0.1, 0.15) is 31.0 Å². The van der Waals surface area contributed by atoms with Gasteiger partial charge in [0.25, 0.3) is 0 Å². The smallest absolute Gasteiger partial charge is 0.148 e. The van der Waals surface area contributed by atoms with Crippen LogP contribution in [0.2, 0.25) is 0 Å². The van der Waals surface area contributed by atoms with E-state index in [9.17, 15) is 0 Å². The minimum absolute atomic E-state index is 0.328. The van der Waals surface area contributed by atoms with Crippen LogP contribution in [0.25, 0.3) is 0 Å². The first-order chi connectivity index (χ1) is 8.99. The highest BCUT2D eigenvalue weighted by Gasteiger charge is 2.15. The first-order valence-electron chi connectivity index (χ1n) is 6.29. The van der Waals surface area contributed by atoms with Crippen LogP contribution in [-0.4, -0.2) is 9.78 Å². The Balaban J connectivity index is 2.13. The minimum atomic E-state index is 0.328. The zero-order valence-corrected chi connectivity index (χ0v) is 13.0. The van der Waals surface area contributed by atoms with Gasteiger partial charge in [0.1, 0.15) is 5.82 Å². The molecular formula is C14H19BrN4. The molecule has 2 aromatic rings. The zero-order chi connectivity index (χ0) is 14.0. The number of hydrogen-bond acceptors (Lipinski definition) is 3. The molecule has 2 rings (SSSR count). The van der Waals surface area contributed by atoms with Gasteiger partial charge >= 0.3 is 0 Å². The minimum Gasteiger partial charge on any atom is -0.394 e. The van der Waals surface area contributed by atoms with Gasteiger partial charge in [0.05, 0.1) is 11.4 Å². The number of nitrogens with two attached hydrogens (primary N) is 1. The van der Waals surface area contributed by atoms with Crippen molar-refractivity contribution in [1.29, 1.82) is 0 Å². The molecule has 102 valence electrons. The molecule has 1 heterocycles. The number of rotatable bonds is 4. The topological polar surface area (TPSA) is 55.9 Å². The van der Waals surface area contributed by atoms with Crippen molar-refractivity contribution in [2.75, 3.05) is 11.1 Å². The predicted molar refractivity (Wildman–Crippen MR) is 83.2 cm³/mol. The van der Waals surface area contributed by atoms with Crippen molar-refractivity contribution in [2.45, 2.75) is 26.3 Å². The summed E-state index contributed by atoms with van der Waals surface area (Å²) >= 11 is 3.43. The fraction of sp³-hybridized carbons (Fsp3) is 0.357. The normalized spacial score (nSPS) is 11.0. The first kappa shape index (κ1) is 13.9. The zero-order valence-electron chi connectivity index (χ0n) is 11.4. The SMILES string of the molecule is CC(C)c1nn(C)c(NCc2ccc(Br)cc2)c1N. The Hall–Kier alpha value is -1.49. The first-order valence-corrected chi connectivity index (χ1v) is 7.09. The summed E-state index contributed by atoms with van der Waals surface area (Å²) in [5.74, 6) is 1.21. The van der Waals surface area contributed by atoms with Gasteiger partial charge in [-0.1, -0.05) is 41.9 Å². The molecule has 0 unspecified atom stereocenters. The quantitative estimate of drug-likeness (QED) is 0.905. The molecule has 0 saturated heterocycles. The molecule has 0 amide bonds. The summed E-state index contributed by atoms with van der Waals surface area (Å²) in [4.78, 5) is 0. The Labute approximate surface area is 122 Å². The molecular weight excluding hydrogens is 304 g/mol. The van der Waals surface area contributed by atoms with Crippen molar-refractivity contribution >= 4 is 27.4 Å². The lowest BCUT2D eigenvalue weighted by Crippen LogP contribution is -2.06. The van der Waals surface area contributed by atoms with Crippen LogP contribution in [0.5, 0.6) is 0 Å². The number of anilines is 2. The molecule has 0 radical (unpaired) electrons. The van der Waals surface area contributed by atoms with Gasteiger partial charge in [-0.15, -0.1) is 0 Å². The summed E-state index contributed by atoms with van der Waals surface area (Å²) in [6.07, 6.45) is 0. The lowest BCUT2D eigenvalue weighted by atomic mass is 10.1. The van der Waals surface area contributed by atoms with E-state index in [4.69, 9.17) is 5.73 Å². The van der Waals surface area contributed by atoms with E-state index in [0.29, 0.717) is 5.92 Å². The number of benzene rings is 1. The molecule has 5 heteroatoms. The van der Waals surface area contributed by atoms with Crippen molar-refractivity contribution in [3.8, 4) is 0 Å². The van der Waals surface area contributed by atoms with Gasteiger partial charge in [-0.25, -0.2) is 0 Å². The molecule has 4 nitrogen and oxygen atoms in total. The fourth-order valence-electron chi connectivity index (χ4n) is 1.99. The summed E-state index contributed by atoms with van der Waals surface area (Å²) in [5.41, 5.74) is 9.03. The summed E-state index contributed by atoms with van der Waals surface area (Å²) in [6, 6.07) is 8.21. The maximum Gasteiger partial charge on any atom is 0.148 e. The number of hydrogen-bond donors (Lipinski definition) is 2. The molecule has 0 bridgehead atoms. The van der Waals surface area contributed by atoms with Gasteiger partial charge in [0.15, 0.2) is 0 Å². The van der Waals surface area contributed by atoms with Crippen LogP contribution in [0.4, 0.5) is 11.5 Å². The molecule has 0 spiro atoms. The van der Waals surface area contributed by atoms with Crippen LogP contribution >= 0.6 is 15.9 Å². The van der Waals surface area contributed by atoms with Crippen molar-refractivity contribution in [1.82, 2.24) is 9.78 Å². The molecule has 0 saturated carbocycles. The molecule has 0 fully saturated rings. The van der Waals surface area contributed by atoms with Gasteiger partial charge in [-0.2, -0.15) is 5.10 Å². The van der Waals surface area contributed by atoms with Crippen LogP contribution in [0.15, 0.2) is 28.7 Å². The molecule has 0 aliphatic carbocycles. The second-order valence-electron chi connectivity index (χ2n) is 4.91. The van der Waals surface area contributed by atoms with Gasteiger partial charge in [0.2, 0.25) is 0 Å². The number of halogens is 1. The highest BCUT2D eigenvalue weighted by atomic mass is 79.9. The summed E-state index contributed by atoms with van der Waals surface area (Å²) in [7, 11) is 1.91. The third-order valence-corrected chi connectivity index (χ3v) is 3.56. The van der Waals surface area contributed by atoms with Crippen molar-refractivity contribution in [2.24, 2.45) is 7.05 Å². The number of aromatic nitrogens is 2. The molecule has 3 N–H and O–H groups in total. The van der Waals surface area contributed by atoms with E-state index >= 15 is 0 Å². The second-order valence-corrected chi connectivity index (χ2v) is 5.82. The van der Waals surface area contributed by atoms with E-state index in [-0.39, 0.29) is 0 Å². The Morgan fingerprint density at radius 2 is 1.95 bits per heavy atom. The Kier molecular flexibility index (Phi) is 4.14. The third kappa shape index (κ3) is 3.10. The summed E-state index contributed by atoms with van der Waals surface area (Å²) < 4.78 is 2.89. The van der Waals surface area contributed by atoms with E-state index < -0.39 is 0 Å². The van der Waals surface area contributed by atoms with Crippen molar-refractivity contribution in [3.05, 3.63) is 40.0 Å². The van der Waals surface area contributed by atoms with E-state index in [1.54, 1.807) is 0 Å². The molecule has 1 aromatic carbocycles. The molecule has 0 aliphatic heterocycles. The monoisotopic (exact) mass is 322 g/mol. The molecule has 19 heavy (non-hydrogen) atoms. The van der Waals surface area contributed by atoms with Gasteiger partial charge in [-0.05, 0) is 23.6 Å². The van der Waals surface area contributed by atoms with Crippen LogP contribution in [0, 0.1) is 0 Å². The maximum absolute atomic E-state index is 6.14. The van der Waals surface area contributed by atoms with Gasteiger partial charge < -0.3 is 11.1 Å². The standard InChI is InChI=1S/C14H19BrN4/c1-9(2)13-12(16)14(19(3)18-13)17-8-10-4-6-11(15)7-5-10/h4-7,9,17H,8,16H2,1-3H3. The van der Waals surface area contributed by atoms with Crippen LogP contribution in [-0.2, 0) is 13.6 Å². The van der Waals surface area contributed by atoms with Gasteiger partial charge in [0, 0.05) is 18.1 Å². The Morgan fingerprint density at radius 1 is 1.32 bits per heavy atom. The summed E-state index contributed by atoms with van der Waals surface area (Å²) in [6.45, 7) is 4.92. The van der Waals surface area contributed by atoms with E-state index in [1.165, 1.54) is 5.56 Å². The fourth-order valence-corrected chi connectivity index (χ4v) is 2.25. The number of nitrogens with zero attached hydrogens (tertiary/aromatic N) is 2. The lowest BCUT2D eigenvalue weighted by Gasteiger charge is -2.08. The highest BCUT2D eigenvalue weighted by Crippen LogP contribution is 2.28. The Morgan fingerprint density at radius 3 is 2.47 bits per heavy atom. The van der Waals surface area contributed by atoms with Crippen LogP contribution < -0.4 is 11.1 Å². The number of nitrogens with one attached hydrogen (secondary N) is 1. The lowest BCUT2D eigenvalue weighted by molar-refractivity contribution is 0.715. The van der Waals surface area contributed by atoms with Crippen molar-refractivity contribution in [3.63, 3.8) is 0 Å². The van der Waals surface area contributed by atoms with Crippen molar-refractivity contribution < 1.29 is 0 Å². The summed E-state index contributed by atoms with van der Waals surface area (Å²) in [5, 5.41) is 7.81. The molecule has 0 atom stereocenters. The highest BCUT2D eigenvalue weighted by molar-refractivity contribution is 9.10. The average molecular weight is 323 g/mol. The Bertz CT molecular complexity index is 558. The largest absolute Gasteiger partial charge is 0.394 e. The molecule has 0 aliphatic rings.